The molecule has 0 amide bonds. The summed E-state index contributed by atoms with van der Waals surface area (Å²) < 4.78 is 0. The van der Waals surface area contributed by atoms with Crippen molar-refractivity contribution in [1.29, 1.82) is 0 Å². The van der Waals surface area contributed by atoms with Crippen molar-refractivity contribution in [2.24, 2.45) is 5.41 Å². The Morgan fingerprint density at radius 3 is 1.97 bits per heavy atom. The molecule has 0 bridgehead atoms. The molecule has 0 spiro atoms. The SMILES string of the molecule is CC(C)(C)CC(C)(C)c1cc(-c2ccccc2-c2cn[nH]n2)c(O)c(C(C)(C)c2ccccc2)c1. The van der Waals surface area contributed by atoms with E-state index in [-0.39, 0.29) is 10.8 Å². The number of benzene rings is 3. The molecule has 0 fully saturated rings. The Kier molecular flexibility index (Phi) is 6.35. The number of aromatic amines is 1. The zero-order valence-corrected chi connectivity index (χ0v) is 22.0. The van der Waals surface area contributed by atoms with E-state index in [0.29, 0.717) is 5.75 Å². The van der Waals surface area contributed by atoms with E-state index in [0.717, 1.165) is 39.9 Å². The van der Waals surface area contributed by atoms with Gasteiger partial charge in [-0.2, -0.15) is 15.4 Å². The lowest BCUT2D eigenvalue weighted by Gasteiger charge is -2.36. The van der Waals surface area contributed by atoms with Crippen molar-refractivity contribution in [3.63, 3.8) is 0 Å². The largest absolute Gasteiger partial charge is 0.507 e. The van der Waals surface area contributed by atoms with E-state index in [1.54, 1.807) is 6.20 Å². The predicted octanol–water partition coefficient (Wildman–Crippen LogP) is 7.88. The van der Waals surface area contributed by atoms with E-state index in [1.165, 1.54) is 5.56 Å². The topological polar surface area (TPSA) is 61.8 Å². The van der Waals surface area contributed by atoms with E-state index < -0.39 is 5.41 Å². The summed E-state index contributed by atoms with van der Waals surface area (Å²) in [5.41, 5.74) is 6.43. The fourth-order valence-corrected chi connectivity index (χ4v) is 5.42. The summed E-state index contributed by atoms with van der Waals surface area (Å²) in [6.07, 6.45) is 2.73. The Labute approximate surface area is 209 Å². The molecule has 0 unspecified atom stereocenters. The quantitative estimate of drug-likeness (QED) is 0.303. The molecule has 0 saturated heterocycles. The average Bonchev–Trinajstić information content (AvgIpc) is 3.33. The fourth-order valence-electron chi connectivity index (χ4n) is 5.42. The lowest BCUT2D eigenvalue weighted by molar-refractivity contribution is 0.283. The number of nitrogens with one attached hydrogen (secondary N) is 1. The van der Waals surface area contributed by atoms with Crippen LogP contribution in [0.5, 0.6) is 5.75 Å². The number of phenolic OH excluding ortho intramolecular Hbond substituents is 1. The van der Waals surface area contributed by atoms with E-state index in [4.69, 9.17) is 0 Å². The molecule has 0 aliphatic carbocycles. The number of aromatic nitrogens is 3. The summed E-state index contributed by atoms with van der Waals surface area (Å²) in [6, 6.07) is 22.9. The Bertz CT molecular complexity index is 1300. The summed E-state index contributed by atoms with van der Waals surface area (Å²) >= 11 is 0. The average molecular weight is 468 g/mol. The highest BCUT2D eigenvalue weighted by molar-refractivity contribution is 5.86. The van der Waals surface area contributed by atoms with Crippen molar-refractivity contribution in [3.05, 3.63) is 89.6 Å². The Morgan fingerprint density at radius 2 is 1.37 bits per heavy atom. The number of aromatic hydroxyl groups is 1. The second-order valence-corrected chi connectivity index (χ2v) is 11.9. The molecule has 1 aromatic heterocycles. The molecule has 4 aromatic rings. The Balaban J connectivity index is 2.01. The van der Waals surface area contributed by atoms with Crippen molar-refractivity contribution in [2.75, 3.05) is 0 Å². The molecule has 1 heterocycles. The van der Waals surface area contributed by atoms with Crippen LogP contribution in [0.3, 0.4) is 0 Å². The molecule has 0 atom stereocenters. The van der Waals surface area contributed by atoms with Gasteiger partial charge in [0.1, 0.15) is 11.4 Å². The van der Waals surface area contributed by atoms with Gasteiger partial charge in [-0.05, 0) is 40.0 Å². The van der Waals surface area contributed by atoms with Crippen LogP contribution in [0.4, 0.5) is 0 Å². The van der Waals surface area contributed by atoms with Gasteiger partial charge in [0, 0.05) is 22.1 Å². The van der Waals surface area contributed by atoms with Crippen LogP contribution in [-0.4, -0.2) is 20.5 Å². The van der Waals surface area contributed by atoms with Gasteiger partial charge in [-0.15, -0.1) is 0 Å². The van der Waals surface area contributed by atoms with Crippen molar-refractivity contribution in [3.8, 4) is 28.1 Å². The maximum absolute atomic E-state index is 11.8. The van der Waals surface area contributed by atoms with E-state index >= 15 is 0 Å². The van der Waals surface area contributed by atoms with Crippen LogP contribution in [0.25, 0.3) is 22.4 Å². The third-order valence-corrected chi connectivity index (χ3v) is 6.94. The second-order valence-electron chi connectivity index (χ2n) is 11.9. The highest BCUT2D eigenvalue weighted by atomic mass is 16.3. The van der Waals surface area contributed by atoms with Crippen LogP contribution in [0.1, 0.15) is 71.6 Å². The molecule has 4 nitrogen and oxygen atoms in total. The van der Waals surface area contributed by atoms with Crippen LogP contribution < -0.4 is 0 Å². The summed E-state index contributed by atoms with van der Waals surface area (Å²) in [5, 5.41) is 22.9. The first kappa shape index (κ1) is 24.7. The molecule has 0 saturated carbocycles. The second kappa shape index (κ2) is 8.99. The molecule has 0 radical (unpaired) electrons. The standard InChI is InChI=1S/C31H37N3O/c1-29(2,3)20-30(4,5)22-17-25(23-15-11-12-16-24(23)27-19-32-34-33-27)28(35)26(18-22)31(6,7)21-13-9-8-10-14-21/h8-19,35H,20H2,1-7H3,(H,32,33,34). The van der Waals surface area contributed by atoms with Crippen LogP contribution in [0, 0.1) is 5.41 Å². The summed E-state index contributed by atoms with van der Waals surface area (Å²) in [4.78, 5) is 0. The third kappa shape index (κ3) is 5.02. The maximum Gasteiger partial charge on any atom is 0.127 e. The monoisotopic (exact) mass is 467 g/mol. The first-order valence-corrected chi connectivity index (χ1v) is 12.3. The van der Waals surface area contributed by atoms with Gasteiger partial charge in [0.15, 0.2) is 0 Å². The minimum atomic E-state index is -0.392. The molecule has 0 aliphatic heterocycles. The van der Waals surface area contributed by atoms with Crippen molar-refractivity contribution < 1.29 is 5.11 Å². The molecule has 4 rings (SSSR count). The number of rotatable bonds is 6. The molecular formula is C31H37N3O. The smallest absolute Gasteiger partial charge is 0.127 e. The maximum atomic E-state index is 11.8. The number of hydrogen-bond acceptors (Lipinski definition) is 3. The molecule has 2 N–H and O–H groups in total. The van der Waals surface area contributed by atoms with Gasteiger partial charge in [0.25, 0.3) is 0 Å². The van der Waals surface area contributed by atoms with E-state index in [2.05, 4.69) is 106 Å². The Hall–Kier alpha value is -3.40. The Morgan fingerprint density at radius 1 is 0.743 bits per heavy atom. The lowest BCUT2D eigenvalue weighted by atomic mass is 9.69. The van der Waals surface area contributed by atoms with Gasteiger partial charge < -0.3 is 5.11 Å². The molecule has 0 aliphatic rings. The fraction of sp³-hybridized carbons (Fsp3) is 0.355. The van der Waals surface area contributed by atoms with E-state index in [9.17, 15) is 5.11 Å². The molecule has 4 heteroatoms. The predicted molar refractivity (Wildman–Crippen MR) is 145 cm³/mol. The summed E-state index contributed by atoms with van der Waals surface area (Å²) in [7, 11) is 0. The molecule has 35 heavy (non-hydrogen) atoms. The van der Waals surface area contributed by atoms with Crippen LogP contribution in [0.2, 0.25) is 0 Å². The number of hydrogen-bond donors (Lipinski definition) is 2. The van der Waals surface area contributed by atoms with Crippen LogP contribution in [0.15, 0.2) is 72.9 Å². The van der Waals surface area contributed by atoms with Gasteiger partial charge in [-0.3, -0.25) is 0 Å². The zero-order valence-electron chi connectivity index (χ0n) is 22.0. The van der Waals surface area contributed by atoms with Gasteiger partial charge >= 0.3 is 0 Å². The first-order valence-electron chi connectivity index (χ1n) is 12.3. The molecular weight excluding hydrogens is 430 g/mol. The van der Waals surface area contributed by atoms with Gasteiger partial charge in [-0.25, -0.2) is 0 Å². The highest BCUT2D eigenvalue weighted by Crippen LogP contribution is 2.47. The minimum Gasteiger partial charge on any atom is -0.507 e. The van der Waals surface area contributed by atoms with Crippen molar-refractivity contribution in [1.82, 2.24) is 15.4 Å². The summed E-state index contributed by atoms with van der Waals surface area (Å²) in [5.74, 6) is 0.310. The summed E-state index contributed by atoms with van der Waals surface area (Å²) in [6.45, 7) is 15.8. The highest BCUT2D eigenvalue weighted by Gasteiger charge is 2.33. The number of nitrogens with zero attached hydrogens (tertiary/aromatic N) is 2. The minimum absolute atomic E-state index is 0.0922. The van der Waals surface area contributed by atoms with Crippen molar-refractivity contribution >= 4 is 0 Å². The normalized spacial score (nSPS) is 12.7. The van der Waals surface area contributed by atoms with Gasteiger partial charge in [0.2, 0.25) is 0 Å². The van der Waals surface area contributed by atoms with Crippen LogP contribution >= 0.6 is 0 Å². The third-order valence-electron chi connectivity index (χ3n) is 6.94. The van der Waals surface area contributed by atoms with Gasteiger partial charge in [0.05, 0.1) is 6.20 Å². The molecule has 182 valence electrons. The number of H-pyrrole nitrogens is 1. The van der Waals surface area contributed by atoms with Crippen LogP contribution in [-0.2, 0) is 10.8 Å². The zero-order chi connectivity index (χ0) is 25.4. The van der Waals surface area contributed by atoms with Crippen molar-refractivity contribution in [2.45, 2.75) is 65.7 Å². The van der Waals surface area contributed by atoms with E-state index in [1.807, 2.05) is 24.3 Å². The molecule has 3 aromatic carbocycles. The van der Waals surface area contributed by atoms with Gasteiger partial charge in [-0.1, -0.05) is 109 Å². The lowest BCUT2D eigenvalue weighted by Crippen LogP contribution is -2.26. The first-order chi connectivity index (χ1) is 16.4. The number of phenols is 1.